The molecule has 2 unspecified atom stereocenters. The lowest BCUT2D eigenvalue weighted by atomic mass is 10.1. The van der Waals surface area contributed by atoms with E-state index >= 15 is 0 Å². The van der Waals surface area contributed by atoms with Gasteiger partial charge >= 0.3 is 0 Å². The van der Waals surface area contributed by atoms with Crippen LogP contribution in [-0.2, 0) is 0 Å². The van der Waals surface area contributed by atoms with Crippen LogP contribution in [0.3, 0.4) is 0 Å². The van der Waals surface area contributed by atoms with Crippen LogP contribution < -0.4 is 27.8 Å². The molecular weight excluding hydrogens is 344 g/mol. The molecule has 0 aromatic carbocycles. The lowest BCUT2D eigenvalue weighted by Crippen LogP contribution is -2.68. The maximum atomic E-state index is 8.49. The van der Waals surface area contributed by atoms with Crippen LogP contribution in [0.4, 0.5) is 0 Å². The summed E-state index contributed by atoms with van der Waals surface area (Å²) in [4.78, 5) is 0. The Kier molecular flexibility index (Phi) is 8.41. The van der Waals surface area contributed by atoms with Crippen molar-refractivity contribution in [1.29, 1.82) is 0 Å². The number of halogens is 1. The lowest BCUT2D eigenvalue weighted by molar-refractivity contribution is -2.00. The van der Waals surface area contributed by atoms with E-state index in [9.17, 15) is 0 Å². The molecule has 0 amide bonds. The molecule has 0 saturated heterocycles. The summed E-state index contributed by atoms with van der Waals surface area (Å²) in [6.07, 6.45) is 6.76. The predicted octanol–water partition coefficient (Wildman–Crippen LogP) is -1.28. The molecule has 0 aliphatic heterocycles. The second kappa shape index (κ2) is 9.79. The SMILES string of the molecule is Cc1cccc[n+]1C(C)CCC(C)[n+]1ccccc1C.[O-][Cl+3]([O-])([O-])[O-]. The number of hydrogen-bond donors (Lipinski definition) is 0. The summed E-state index contributed by atoms with van der Waals surface area (Å²) >= 11 is 0. The topological polar surface area (TPSA) is 100 Å². The van der Waals surface area contributed by atoms with Gasteiger partial charge in [-0.15, -0.1) is 10.2 Å². The summed E-state index contributed by atoms with van der Waals surface area (Å²) < 4.78 is 38.7. The average molecular weight is 370 g/mol. The molecule has 0 aliphatic rings. The molecule has 25 heavy (non-hydrogen) atoms. The summed E-state index contributed by atoms with van der Waals surface area (Å²) in [7, 11) is -4.94. The monoisotopic (exact) mass is 369 g/mol. The van der Waals surface area contributed by atoms with E-state index < -0.39 is 10.2 Å². The van der Waals surface area contributed by atoms with E-state index in [1.54, 1.807) is 0 Å². The van der Waals surface area contributed by atoms with Crippen molar-refractivity contribution in [2.45, 2.75) is 52.6 Å². The van der Waals surface area contributed by atoms with E-state index in [-0.39, 0.29) is 0 Å². The lowest BCUT2D eigenvalue weighted by Gasteiger charge is -2.17. The number of nitrogens with zero attached hydrogens (tertiary/aromatic N) is 2. The van der Waals surface area contributed by atoms with E-state index in [1.165, 1.54) is 24.2 Å². The second-order valence-electron chi connectivity index (χ2n) is 6.15. The molecule has 0 fully saturated rings. The molecule has 0 saturated carbocycles. The van der Waals surface area contributed by atoms with Gasteiger partial charge in [0.1, 0.15) is 0 Å². The Morgan fingerprint density at radius 1 is 0.760 bits per heavy atom. The van der Waals surface area contributed by atoms with Crippen LogP contribution in [0.25, 0.3) is 0 Å². The fourth-order valence-corrected chi connectivity index (χ4v) is 2.83. The Morgan fingerprint density at radius 3 is 1.36 bits per heavy atom. The molecule has 7 heteroatoms. The number of aromatic nitrogens is 2. The first-order valence-electron chi connectivity index (χ1n) is 8.15. The fourth-order valence-electron chi connectivity index (χ4n) is 2.83. The molecule has 2 rings (SSSR count). The Balaban J connectivity index is 0.000000550. The molecule has 0 N–H and O–H groups in total. The van der Waals surface area contributed by atoms with Crippen molar-refractivity contribution in [3.63, 3.8) is 0 Å². The third-order valence-electron chi connectivity index (χ3n) is 4.16. The molecule has 2 atom stereocenters. The standard InChI is InChI=1S/C18H26N2.ClHO4/c1-15-9-5-7-13-19(15)17(3)11-12-18(4)20-14-8-6-10-16(20)2;2-1(3,4)5/h5-10,13-14,17-18H,11-12H2,1-4H3;(H,2,3,4,5)/q+2;/p-1. The minimum atomic E-state index is -4.94. The van der Waals surface area contributed by atoms with Gasteiger partial charge in [0.2, 0.25) is 0 Å². The van der Waals surface area contributed by atoms with Crippen LogP contribution >= 0.6 is 0 Å². The van der Waals surface area contributed by atoms with Crippen LogP contribution in [0.2, 0.25) is 0 Å². The highest BCUT2D eigenvalue weighted by atomic mass is 35.7. The summed E-state index contributed by atoms with van der Waals surface area (Å²) in [6.45, 7) is 8.97. The number of aryl methyl sites for hydroxylation is 2. The van der Waals surface area contributed by atoms with Gasteiger partial charge in [0.05, 0.1) is 0 Å². The Bertz CT molecular complexity index is 604. The predicted molar refractivity (Wildman–Crippen MR) is 81.4 cm³/mol. The average Bonchev–Trinajstić information content (AvgIpc) is 2.51. The summed E-state index contributed by atoms with van der Waals surface area (Å²) in [5, 5.41) is 0. The van der Waals surface area contributed by atoms with E-state index in [0.29, 0.717) is 12.1 Å². The highest BCUT2D eigenvalue weighted by molar-refractivity contribution is 4.95. The van der Waals surface area contributed by atoms with Gasteiger partial charge in [-0.1, -0.05) is 12.1 Å². The summed E-state index contributed by atoms with van der Waals surface area (Å²) in [6, 6.07) is 13.9. The maximum absolute atomic E-state index is 8.49. The zero-order chi connectivity index (χ0) is 19.0. The Morgan fingerprint density at radius 2 is 1.08 bits per heavy atom. The molecule has 138 valence electrons. The highest BCUT2D eigenvalue weighted by Crippen LogP contribution is 2.13. The van der Waals surface area contributed by atoms with Gasteiger partial charge in [-0.3, -0.25) is 0 Å². The molecular formula is C18H26ClN2O4+. The summed E-state index contributed by atoms with van der Waals surface area (Å²) in [5.41, 5.74) is 2.66. The van der Waals surface area contributed by atoms with Crippen LogP contribution in [-0.4, -0.2) is 0 Å². The van der Waals surface area contributed by atoms with Crippen LogP contribution in [0.1, 0.15) is 50.2 Å². The Labute approximate surface area is 151 Å². The van der Waals surface area contributed by atoms with Crippen molar-refractivity contribution in [1.82, 2.24) is 0 Å². The first kappa shape index (κ1) is 21.5. The van der Waals surface area contributed by atoms with Crippen LogP contribution in [0, 0.1) is 24.1 Å². The minimum absolute atomic E-state index is 0.545. The van der Waals surface area contributed by atoms with Gasteiger partial charge in [0.15, 0.2) is 35.9 Å². The van der Waals surface area contributed by atoms with Crippen molar-refractivity contribution < 1.29 is 38.0 Å². The fraction of sp³-hybridized carbons (Fsp3) is 0.444. The zero-order valence-corrected chi connectivity index (χ0v) is 15.8. The number of hydrogen-bond acceptors (Lipinski definition) is 4. The van der Waals surface area contributed by atoms with Crippen molar-refractivity contribution >= 4 is 0 Å². The van der Waals surface area contributed by atoms with Crippen molar-refractivity contribution in [2.75, 3.05) is 0 Å². The van der Waals surface area contributed by atoms with Crippen LogP contribution in [0.5, 0.6) is 0 Å². The van der Waals surface area contributed by atoms with E-state index in [4.69, 9.17) is 18.6 Å². The number of rotatable bonds is 5. The van der Waals surface area contributed by atoms with E-state index in [2.05, 4.69) is 85.6 Å². The smallest absolute Gasteiger partial charge is 0.178 e. The third-order valence-corrected chi connectivity index (χ3v) is 4.16. The van der Waals surface area contributed by atoms with Crippen molar-refractivity contribution in [3.05, 3.63) is 60.2 Å². The first-order chi connectivity index (χ1) is 11.6. The Hall–Kier alpha value is -1.57. The highest BCUT2D eigenvalue weighted by Gasteiger charge is 2.20. The molecule has 0 bridgehead atoms. The molecule has 2 aromatic heterocycles. The molecule has 0 spiro atoms. The quantitative estimate of drug-likeness (QED) is 0.613. The van der Waals surface area contributed by atoms with E-state index in [1.807, 2.05) is 0 Å². The van der Waals surface area contributed by atoms with Gasteiger partial charge in [0.25, 0.3) is 0 Å². The van der Waals surface area contributed by atoms with E-state index in [0.717, 1.165) is 0 Å². The second-order valence-corrected chi connectivity index (χ2v) is 6.91. The minimum Gasteiger partial charge on any atom is -0.222 e. The number of pyridine rings is 2. The molecule has 2 heterocycles. The van der Waals surface area contributed by atoms with Gasteiger partial charge in [-0.25, -0.2) is 27.8 Å². The largest absolute Gasteiger partial charge is 0.222 e. The van der Waals surface area contributed by atoms with Crippen LogP contribution in [0.15, 0.2) is 48.8 Å². The summed E-state index contributed by atoms with van der Waals surface area (Å²) in [5.74, 6) is 0. The zero-order valence-electron chi connectivity index (χ0n) is 15.1. The third kappa shape index (κ3) is 8.38. The van der Waals surface area contributed by atoms with Gasteiger partial charge in [-0.2, -0.15) is 0 Å². The maximum Gasteiger partial charge on any atom is 0.178 e. The van der Waals surface area contributed by atoms with Crippen molar-refractivity contribution in [2.24, 2.45) is 0 Å². The van der Waals surface area contributed by atoms with Gasteiger partial charge < -0.3 is 0 Å². The molecule has 0 aliphatic carbocycles. The normalized spacial score (nSPS) is 13.6. The first-order valence-corrected chi connectivity index (χ1v) is 9.38. The van der Waals surface area contributed by atoms with Gasteiger partial charge in [0, 0.05) is 51.0 Å². The van der Waals surface area contributed by atoms with Crippen molar-refractivity contribution in [3.8, 4) is 0 Å². The van der Waals surface area contributed by atoms with Gasteiger partial charge in [-0.05, 0) is 13.8 Å². The molecule has 0 radical (unpaired) electrons. The molecule has 2 aromatic rings. The molecule has 6 nitrogen and oxygen atoms in total.